The number of phenols is 1. The van der Waals surface area contributed by atoms with Crippen molar-refractivity contribution in [2.45, 2.75) is 84.5 Å². The number of carbonyl (C=O) groups is 1. The zero-order valence-electron chi connectivity index (χ0n) is 14.9. The predicted octanol–water partition coefficient (Wildman–Crippen LogP) is 5.72. The highest BCUT2D eigenvalue weighted by atomic mass is 16.3. The molecule has 0 aliphatic heterocycles. The summed E-state index contributed by atoms with van der Waals surface area (Å²) in [5.41, 5.74) is 2.13. The fraction of sp³-hybridized carbons (Fsp3) is 0.650. The van der Waals surface area contributed by atoms with Crippen LogP contribution in [0.5, 0.6) is 5.75 Å². The van der Waals surface area contributed by atoms with E-state index in [0.29, 0.717) is 12.2 Å². The van der Waals surface area contributed by atoms with Crippen molar-refractivity contribution in [1.29, 1.82) is 0 Å². The Hall–Kier alpha value is -1.31. The maximum Gasteiger partial charge on any atom is 0.130 e. The summed E-state index contributed by atoms with van der Waals surface area (Å²) in [6, 6.07) is 6.00. The summed E-state index contributed by atoms with van der Waals surface area (Å²) in [5, 5.41) is 10.3. The lowest BCUT2D eigenvalue weighted by molar-refractivity contribution is -0.117. The van der Waals surface area contributed by atoms with Crippen LogP contribution >= 0.6 is 0 Å². The lowest BCUT2D eigenvalue weighted by Crippen LogP contribution is -2.17. The molecule has 0 saturated carbocycles. The monoisotopic (exact) mass is 304 g/mol. The first-order chi connectivity index (χ1) is 10.3. The second-order valence-electron chi connectivity index (χ2n) is 7.28. The third kappa shape index (κ3) is 5.47. The first kappa shape index (κ1) is 18.7. The normalized spacial score (nSPS) is 13.1. The minimum Gasteiger partial charge on any atom is -0.508 e. The Morgan fingerprint density at radius 2 is 1.91 bits per heavy atom. The molecule has 0 aliphatic rings. The van der Waals surface area contributed by atoms with Crippen LogP contribution in [-0.2, 0) is 10.2 Å². The quantitative estimate of drug-likeness (QED) is 0.592. The van der Waals surface area contributed by atoms with E-state index < -0.39 is 0 Å². The number of Topliss-reactive ketones (excluding diaryl/α,β-unsaturated/α-hetero) is 1. The molecule has 0 heterocycles. The average molecular weight is 304 g/mol. The van der Waals surface area contributed by atoms with Gasteiger partial charge in [0.1, 0.15) is 11.5 Å². The number of unbranched alkanes of at least 4 members (excludes halogenated alkanes) is 3. The molecule has 0 aliphatic carbocycles. The van der Waals surface area contributed by atoms with Gasteiger partial charge >= 0.3 is 0 Å². The molecule has 0 bridgehead atoms. The molecule has 2 heteroatoms. The van der Waals surface area contributed by atoms with Crippen molar-refractivity contribution < 1.29 is 9.90 Å². The van der Waals surface area contributed by atoms with E-state index in [0.717, 1.165) is 12.0 Å². The molecule has 2 nitrogen and oxygen atoms in total. The van der Waals surface area contributed by atoms with Crippen molar-refractivity contribution >= 4 is 5.78 Å². The van der Waals surface area contributed by atoms with E-state index in [-0.39, 0.29) is 17.1 Å². The van der Waals surface area contributed by atoms with E-state index in [1.54, 1.807) is 6.92 Å². The highest BCUT2D eigenvalue weighted by Crippen LogP contribution is 2.35. The molecular weight excluding hydrogens is 272 g/mol. The molecule has 0 radical (unpaired) electrons. The zero-order valence-corrected chi connectivity index (χ0v) is 14.9. The molecular formula is C20H32O2. The van der Waals surface area contributed by atoms with Gasteiger partial charge in [-0.25, -0.2) is 0 Å². The van der Waals surface area contributed by atoms with E-state index in [1.807, 2.05) is 19.1 Å². The Balaban J connectivity index is 2.80. The summed E-state index contributed by atoms with van der Waals surface area (Å²) in [6.07, 6.45) is 6.67. The molecule has 0 fully saturated rings. The van der Waals surface area contributed by atoms with Crippen LogP contribution in [0, 0.1) is 0 Å². The third-order valence-corrected chi connectivity index (χ3v) is 4.59. The standard InChI is InChI=1S/C20H32O2/c1-6-7-8-9-12-20(4,5)17-10-11-18(19(22)14-17)15(2)13-16(3)21/h10-11,14-15,22H,6-9,12-13H2,1-5H3. The lowest BCUT2D eigenvalue weighted by Gasteiger charge is -2.26. The van der Waals surface area contributed by atoms with Crippen LogP contribution in [0.15, 0.2) is 18.2 Å². The van der Waals surface area contributed by atoms with E-state index in [9.17, 15) is 9.90 Å². The van der Waals surface area contributed by atoms with Crippen LogP contribution < -0.4 is 0 Å². The van der Waals surface area contributed by atoms with Crippen LogP contribution in [0.25, 0.3) is 0 Å². The van der Waals surface area contributed by atoms with Crippen LogP contribution in [0.3, 0.4) is 0 Å². The topological polar surface area (TPSA) is 37.3 Å². The first-order valence-corrected chi connectivity index (χ1v) is 8.60. The molecule has 0 amide bonds. The summed E-state index contributed by atoms with van der Waals surface area (Å²) < 4.78 is 0. The van der Waals surface area contributed by atoms with Crippen LogP contribution in [0.2, 0.25) is 0 Å². The second kappa shape index (κ2) is 8.36. The molecule has 0 saturated heterocycles. The summed E-state index contributed by atoms with van der Waals surface area (Å²) in [7, 11) is 0. The van der Waals surface area contributed by atoms with Gasteiger partial charge < -0.3 is 9.90 Å². The summed E-state index contributed by atoms with van der Waals surface area (Å²) >= 11 is 0. The molecule has 1 unspecified atom stereocenters. The minimum atomic E-state index is 0.0687. The van der Waals surface area contributed by atoms with Crippen LogP contribution in [-0.4, -0.2) is 10.9 Å². The SMILES string of the molecule is CCCCCCC(C)(C)c1ccc(C(C)CC(C)=O)c(O)c1. The summed E-state index contributed by atoms with van der Waals surface area (Å²) in [5.74, 6) is 0.555. The summed E-state index contributed by atoms with van der Waals surface area (Å²) in [4.78, 5) is 11.3. The fourth-order valence-electron chi connectivity index (χ4n) is 3.06. The second-order valence-corrected chi connectivity index (χ2v) is 7.28. The number of rotatable bonds is 9. The van der Waals surface area contributed by atoms with E-state index >= 15 is 0 Å². The highest BCUT2D eigenvalue weighted by molar-refractivity contribution is 5.76. The van der Waals surface area contributed by atoms with E-state index in [2.05, 4.69) is 26.8 Å². The Labute approximate surface area is 135 Å². The smallest absolute Gasteiger partial charge is 0.130 e. The lowest BCUT2D eigenvalue weighted by atomic mass is 9.79. The number of aromatic hydroxyl groups is 1. The number of hydrogen-bond donors (Lipinski definition) is 1. The van der Waals surface area contributed by atoms with Gasteiger partial charge in [0.15, 0.2) is 0 Å². The molecule has 124 valence electrons. The first-order valence-electron chi connectivity index (χ1n) is 8.60. The number of ketones is 1. The maximum atomic E-state index is 11.3. The number of phenolic OH excluding ortho intramolecular Hbond substituents is 1. The minimum absolute atomic E-state index is 0.0687. The average Bonchev–Trinajstić information content (AvgIpc) is 2.42. The van der Waals surface area contributed by atoms with Gasteiger partial charge in [-0.05, 0) is 41.9 Å². The van der Waals surface area contributed by atoms with Gasteiger partial charge in [0.25, 0.3) is 0 Å². The van der Waals surface area contributed by atoms with Gasteiger partial charge in [-0.3, -0.25) is 0 Å². The Kier molecular flexibility index (Phi) is 7.12. The van der Waals surface area contributed by atoms with Gasteiger partial charge in [0.2, 0.25) is 0 Å². The van der Waals surface area contributed by atoms with Gasteiger partial charge in [-0.1, -0.05) is 65.5 Å². The van der Waals surface area contributed by atoms with Gasteiger partial charge in [0.05, 0.1) is 0 Å². The summed E-state index contributed by atoms with van der Waals surface area (Å²) in [6.45, 7) is 10.3. The third-order valence-electron chi connectivity index (χ3n) is 4.59. The van der Waals surface area contributed by atoms with Crippen molar-refractivity contribution in [2.75, 3.05) is 0 Å². The van der Waals surface area contributed by atoms with Gasteiger partial charge in [-0.15, -0.1) is 0 Å². The number of benzene rings is 1. The molecule has 1 atom stereocenters. The molecule has 0 spiro atoms. The number of carbonyl (C=O) groups excluding carboxylic acids is 1. The van der Waals surface area contributed by atoms with Crippen molar-refractivity contribution in [1.82, 2.24) is 0 Å². The Morgan fingerprint density at radius 1 is 1.23 bits per heavy atom. The predicted molar refractivity (Wildman–Crippen MR) is 93.6 cm³/mol. The molecule has 1 N–H and O–H groups in total. The molecule has 1 aromatic carbocycles. The number of hydrogen-bond acceptors (Lipinski definition) is 2. The van der Waals surface area contributed by atoms with Gasteiger partial charge in [0, 0.05) is 6.42 Å². The Bertz CT molecular complexity index is 488. The molecule has 1 aromatic rings. The van der Waals surface area contributed by atoms with E-state index in [4.69, 9.17) is 0 Å². The fourth-order valence-corrected chi connectivity index (χ4v) is 3.06. The molecule has 22 heavy (non-hydrogen) atoms. The van der Waals surface area contributed by atoms with Crippen LogP contribution in [0.4, 0.5) is 0 Å². The Morgan fingerprint density at radius 3 is 2.45 bits per heavy atom. The molecule has 0 aromatic heterocycles. The van der Waals surface area contributed by atoms with Crippen molar-refractivity contribution in [3.05, 3.63) is 29.3 Å². The highest BCUT2D eigenvalue weighted by Gasteiger charge is 2.22. The van der Waals surface area contributed by atoms with Crippen molar-refractivity contribution in [3.63, 3.8) is 0 Å². The van der Waals surface area contributed by atoms with Crippen molar-refractivity contribution in [2.24, 2.45) is 0 Å². The zero-order chi connectivity index (χ0) is 16.8. The maximum absolute atomic E-state index is 11.3. The largest absolute Gasteiger partial charge is 0.508 e. The van der Waals surface area contributed by atoms with Crippen molar-refractivity contribution in [3.8, 4) is 5.75 Å². The van der Waals surface area contributed by atoms with Crippen LogP contribution in [0.1, 0.15) is 90.2 Å². The van der Waals surface area contributed by atoms with E-state index in [1.165, 1.54) is 31.2 Å². The molecule has 1 rings (SSSR count). The van der Waals surface area contributed by atoms with Gasteiger partial charge in [-0.2, -0.15) is 0 Å².